The number of likely N-dealkylation sites (N-methyl/N-ethyl adjacent to an activating group) is 1. The SMILES string of the molecule is CC(C)[C@@H]1CN(C)CCN1CC1=CCCOC1. The van der Waals surface area contributed by atoms with Gasteiger partial charge in [-0.3, -0.25) is 4.90 Å². The van der Waals surface area contributed by atoms with Gasteiger partial charge in [-0.1, -0.05) is 19.9 Å². The second kappa shape index (κ2) is 5.98. The smallest absolute Gasteiger partial charge is 0.0689 e. The summed E-state index contributed by atoms with van der Waals surface area (Å²) in [4.78, 5) is 5.10. The van der Waals surface area contributed by atoms with Crippen molar-refractivity contribution in [2.75, 3.05) is 46.4 Å². The van der Waals surface area contributed by atoms with Gasteiger partial charge in [0, 0.05) is 32.2 Å². The van der Waals surface area contributed by atoms with E-state index in [-0.39, 0.29) is 0 Å². The average molecular weight is 238 g/mol. The molecule has 0 saturated carbocycles. The quantitative estimate of drug-likeness (QED) is 0.695. The molecular formula is C14H26N2O. The summed E-state index contributed by atoms with van der Waals surface area (Å²) in [5.41, 5.74) is 1.48. The van der Waals surface area contributed by atoms with E-state index in [9.17, 15) is 0 Å². The monoisotopic (exact) mass is 238 g/mol. The molecule has 2 heterocycles. The van der Waals surface area contributed by atoms with Gasteiger partial charge < -0.3 is 9.64 Å². The minimum Gasteiger partial charge on any atom is -0.377 e. The van der Waals surface area contributed by atoms with E-state index >= 15 is 0 Å². The molecule has 0 spiro atoms. The lowest BCUT2D eigenvalue weighted by Crippen LogP contribution is -2.54. The number of rotatable bonds is 3. The number of nitrogens with zero attached hydrogens (tertiary/aromatic N) is 2. The first-order chi connectivity index (χ1) is 8.16. The molecule has 0 aromatic heterocycles. The molecule has 2 rings (SSSR count). The van der Waals surface area contributed by atoms with Gasteiger partial charge in [0.25, 0.3) is 0 Å². The topological polar surface area (TPSA) is 15.7 Å². The maximum Gasteiger partial charge on any atom is 0.0689 e. The van der Waals surface area contributed by atoms with E-state index < -0.39 is 0 Å². The van der Waals surface area contributed by atoms with Crippen LogP contribution in [0.1, 0.15) is 20.3 Å². The van der Waals surface area contributed by atoms with Crippen molar-refractivity contribution in [3.05, 3.63) is 11.6 Å². The molecule has 2 aliphatic heterocycles. The van der Waals surface area contributed by atoms with Crippen molar-refractivity contribution in [1.82, 2.24) is 9.80 Å². The minimum absolute atomic E-state index is 0.691. The Morgan fingerprint density at radius 2 is 2.24 bits per heavy atom. The molecule has 2 aliphatic rings. The van der Waals surface area contributed by atoms with Crippen LogP contribution >= 0.6 is 0 Å². The highest BCUT2D eigenvalue weighted by molar-refractivity contribution is 5.08. The third-order valence-electron chi connectivity index (χ3n) is 3.90. The number of ether oxygens (including phenoxy) is 1. The largest absolute Gasteiger partial charge is 0.377 e. The van der Waals surface area contributed by atoms with Crippen LogP contribution in [0.5, 0.6) is 0 Å². The van der Waals surface area contributed by atoms with Gasteiger partial charge in [0.15, 0.2) is 0 Å². The molecular weight excluding hydrogens is 212 g/mol. The Morgan fingerprint density at radius 3 is 2.88 bits per heavy atom. The van der Waals surface area contributed by atoms with Crippen molar-refractivity contribution in [2.24, 2.45) is 5.92 Å². The van der Waals surface area contributed by atoms with Crippen LogP contribution in [0.2, 0.25) is 0 Å². The fourth-order valence-electron chi connectivity index (χ4n) is 2.80. The summed E-state index contributed by atoms with van der Waals surface area (Å²) in [5.74, 6) is 0.725. The lowest BCUT2D eigenvalue weighted by molar-refractivity contribution is 0.0637. The fourth-order valence-corrected chi connectivity index (χ4v) is 2.80. The summed E-state index contributed by atoms with van der Waals surface area (Å²) >= 11 is 0. The zero-order valence-corrected chi connectivity index (χ0v) is 11.5. The first kappa shape index (κ1) is 13.1. The van der Waals surface area contributed by atoms with E-state index in [0.717, 1.165) is 32.1 Å². The van der Waals surface area contributed by atoms with E-state index in [1.54, 1.807) is 0 Å². The predicted molar refractivity (Wildman–Crippen MR) is 71.2 cm³/mol. The van der Waals surface area contributed by atoms with Gasteiger partial charge >= 0.3 is 0 Å². The molecule has 17 heavy (non-hydrogen) atoms. The summed E-state index contributed by atoms with van der Waals surface area (Å²) < 4.78 is 5.54. The summed E-state index contributed by atoms with van der Waals surface area (Å²) in [6, 6.07) is 0.691. The Bertz CT molecular complexity index is 275. The Balaban J connectivity index is 1.95. The summed E-state index contributed by atoms with van der Waals surface area (Å²) in [7, 11) is 2.23. The van der Waals surface area contributed by atoms with Gasteiger partial charge in [-0.15, -0.1) is 0 Å². The van der Waals surface area contributed by atoms with Gasteiger partial charge in [-0.05, 0) is 25.0 Å². The summed E-state index contributed by atoms with van der Waals surface area (Å²) in [6.07, 6.45) is 3.47. The Labute approximate surface area is 105 Å². The Kier molecular flexibility index (Phi) is 4.60. The van der Waals surface area contributed by atoms with Crippen LogP contribution in [0.4, 0.5) is 0 Å². The van der Waals surface area contributed by atoms with Crippen LogP contribution in [-0.2, 0) is 4.74 Å². The average Bonchev–Trinajstić information content (AvgIpc) is 2.32. The molecule has 0 unspecified atom stereocenters. The lowest BCUT2D eigenvalue weighted by atomic mass is 9.99. The van der Waals surface area contributed by atoms with Gasteiger partial charge in [0.2, 0.25) is 0 Å². The third-order valence-corrected chi connectivity index (χ3v) is 3.90. The highest BCUT2D eigenvalue weighted by Gasteiger charge is 2.28. The third kappa shape index (κ3) is 3.54. The maximum atomic E-state index is 5.54. The highest BCUT2D eigenvalue weighted by atomic mass is 16.5. The first-order valence-electron chi connectivity index (χ1n) is 6.85. The number of hydrogen-bond acceptors (Lipinski definition) is 3. The van der Waals surface area contributed by atoms with E-state index in [2.05, 4.69) is 36.8 Å². The standard InChI is InChI=1S/C14H26N2O/c1-12(2)14-10-15(3)6-7-16(14)9-13-5-4-8-17-11-13/h5,12,14H,4,6-11H2,1-3H3/t14-/m0/s1. The molecule has 0 bridgehead atoms. The minimum atomic E-state index is 0.691. The predicted octanol–water partition coefficient (Wildman–Crippen LogP) is 1.61. The van der Waals surface area contributed by atoms with Crippen LogP contribution in [-0.4, -0.2) is 62.3 Å². The fraction of sp³-hybridized carbons (Fsp3) is 0.857. The van der Waals surface area contributed by atoms with Gasteiger partial charge in [-0.25, -0.2) is 0 Å². The molecule has 1 fully saturated rings. The van der Waals surface area contributed by atoms with Crippen molar-refractivity contribution in [3.8, 4) is 0 Å². The van der Waals surface area contributed by atoms with Crippen molar-refractivity contribution >= 4 is 0 Å². The molecule has 0 amide bonds. The Morgan fingerprint density at radius 1 is 1.41 bits per heavy atom. The Hall–Kier alpha value is -0.380. The van der Waals surface area contributed by atoms with Crippen molar-refractivity contribution < 1.29 is 4.74 Å². The van der Waals surface area contributed by atoms with E-state index in [0.29, 0.717) is 6.04 Å². The second-order valence-electron chi connectivity index (χ2n) is 5.75. The first-order valence-corrected chi connectivity index (χ1v) is 6.85. The van der Waals surface area contributed by atoms with Crippen molar-refractivity contribution in [2.45, 2.75) is 26.3 Å². The van der Waals surface area contributed by atoms with E-state index in [4.69, 9.17) is 4.74 Å². The molecule has 0 N–H and O–H groups in total. The van der Waals surface area contributed by atoms with E-state index in [1.807, 2.05) is 0 Å². The highest BCUT2D eigenvalue weighted by Crippen LogP contribution is 2.18. The van der Waals surface area contributed by atoms with Crippen LogP contribution in [0, 0.1) is 5.92 Å². The summed E-state index contributed by atoms with van der Waals surface area (Å²) in [6.45, 7) is 11.1. The summed E-state index contributed by atoms with van der Waals surface area (Å²) in [5, 5.41) is 0. The van der Waals surface area contributed by atoms with Crippen LogP contribution in [0.3, 0.4) is 0 Å². The van der Waals surface area contributed by atoms with Gasteiger partial charge in [-0.2, -0.15) is 0 Å². The second-order valence-corrected chi connectivity index (χ2v) is 5.75. The van der Waals surface area contributed by atoms with Crippen molar-refractivity contribution in [3.63, 3.8) is 0 Å². The van der Waals surface area contributed by atoms with Crippen molar-refractivity contribution in [1.29, 1.82) is 0 Å². The maximum absolute atomic E-state index is 5.54. The normalized spacial score (nSPS) is 28.5. The lowest BCUT2D eigenvalue weighted by Gasteiger charge is -2.42. The zero-order valence-electron chi connectivity index (χ0n) is 11.5. The van der Waals surface area contributed by atoms with Crippen LogP contribution in [0.25, 0.3) is 0 Å². The number of hydrogen-bond donors (Lipinski definition) is 0. The molecule has 1 atom stereocenters. The molecule has 1 saturated heterocycles. The molecule has 0 radical (unpaired) electrons. The molecule has 0 aliphatic carbocycles. The van der Waals surface area contributed by atoms with Gasteiger partial charge in [0.1, 0.15) is 0 Å². The van der Waals surface area contributed by atoms with Crippen LogP contribution < -0.4 is 0 Å². The molecule has 3 heteroatoms. The van der Waals surface area contributed by atoms with Gasteiger partial charge in [0.05, 0.1) is 13.2 Å². The molecule has 3 nitrogen and oxygen atoms in total. The molecule has 0 aromatic rings. The van der Waals surface area contributed by atoms with E-state index in [1.165, 1.54) is 25.2 Å². The molecule has 98 valence electrons. The van der Waals surface area contributed by atoms with Crippen LogP contribution in [0.15, 0.2) is 11.6 Å². The number of piperazine rings is 1. The molecule has 0 aromatic carbocycles. The zero-order chi connectivity index (χ0) is 12.3.